The third kappa shape index (κ3) is 4.92. The van der Waals surface area contributed by atoms with Gasteiger partial charge in [0.25, 0.3) is 0 Å². The van der Waals surface area contributed by atoms with E-state index >= 15 is 0 Å². The van der Waals surface area contributed by atoms with Crippen molar-refractivity contribution in [2.45, 2.75) is 43.6 Å². The lowest BCUT2D eigenvalue weighted by Crippen LogP contribution is -2.51. The Hall–Kier alpha value is -2.57. The molecule has 1 amide bonds. The lowest BCUT2D eigenvalue weighted by Gasteiger charge is -2.43. The summed E-state index contributed by atoms with van der Waals surface area (Å²) in [4.78, 5) is 15.1. The van der Waals surface area contributed by atoms with Crippen LogP contribution >= 0.6 is 0 Å². The fraction of sp³-hybridized carbons (Fsp3) is 0.500. The zero-order valence-electron chi connectivity index (χ0n) is 18.9. The molecule has 6 heteroatoms. The van der Waals surface area contributed by atoms with Crippen LogP contribution in [-0.2, 0) is 0 Å². The van der Waals surface area contributed by atoms with Crippen LogP contribution in [0.15, 0.2) is 48.5 Å². The van der Waals surface area contributed by atoms with E-state index in [-0.39, 0.29) is 5.92 Å². The molecule has 2 N–H and O–H groups in total. The highest BCUT2D eigenvalue weighted by Crippen LogP contribution is 2.43. The van der Waals surface area contributed by atoms with Crippen LogP contribution in [0.4, 0.5) is 4.79 Å². The summed E-state index contributed by atoms with van der Waals surface area (Å²) in [5, 5.41) is 21.1. The quantitative estimate of drug-likeness (QED) is 0.698. The van der Waals surface area contributed by atoms with Gasteiger partial charge < -0.3 is 19.8 Å². The Morgan fingerprint density at radius 2 is 1.72 bits per heavy atom. The van der Waals surface area contributed by atoms with Gasteiger partial charge in [-0.25, -0.2) is 4.79 Å². The Bertz CT molecular complexity index is 903. The van der Waals surface area contributed by atoms with Crippen LogP contribution in [0.3, 0.4) is 0 Å². The number of carboxylic acid groups (broad SMARTS) is 1. The number of aliphatic hydroxyl groups is 1. The van der Waals surface area contributed by atoms with Crippen molar-refractivity contribution in [1.29, 1.82) is 0 Å². The third-order valence-electron chi connectivity index (χ3n) is 7.16. The first-order valence-electron chi connectivity index (χ1n) is 11.7. The predicted molar refractivity (Wildman–Crippen MR) is 125 cm³/mol. The first kappa shape index (κ1) is 22.6. The fourth-order valence-corrected chi connectivity index (χ4v) is 5.26. The fourth-order valence-electron chi connectivity index (χ4n) is 5.26. The molecule has 2 aromatic rings. The Labute approximate surface area is 190 Å². The van der Waals surface area contributed by atoms with Crippen molar-refractivity contribution in [2.24, 2.45) is 0 Å². The number of carbonyl (C=O) groups is 1. The molecule has 32 heavy (non-hydrogen) atoms. The normalized spacial score (nSPS) is 20.0. The monoisotopic (exact) mass is 438 g/mol. The summed E-state index contributed by atoms with van der Waals surface area (Å²) in [5.74, 6) is 0.789. The van der Waals surface area contributed by atoms with E-state index in [0.717, 1.165) is 54.7 Å². The van der Waals surface area contributed by atoms with Crippen molar-refractivity contribution in [3.05, 3.63) is 54.1 Å². The molecule has 4 rings (SSSR count). The SMILES string of the molecule is COc1ccc(C(CN2CCN(C(=O)O)CC2)C2(O)CCCCC2)cc1-c1ccccc1. The molecule has 2 aromatic carbocycles. The van der Waals surface area contributed by atoms with Gasteiger partial charge in [0.15, 0.2) is 0 Å². The number of methoxy groups -OCH3 is 1. The van der Waals surface area contributed by atoms with E-state index in [9.17, 15) is 15.0 Å². The first-order valence-corrected chi connectivity index (χ1v) is 11.7. The molecule has 1 saturated carbocycles. The lowest BCUT2D eigenvalue weighted by atomic mass is 9.72. The number of hydrogen-bond donors (Lipinski definition) is 2. The molecule has 0 bridgehead atoms. The summed E-state index contributed by atoms with van der Waals surface area (Å²) in [6.07, 6.45) is 4.02. The molecule has 6 nitrogen and oxygen atoms in total. The van der Waals surface area contributed by atoms with Gasteiger partial charge in [-0.15, -0.1) is 0 Å². The molecule has 2 fully saturated rings. The summed E-state index contributed by atoms with van der Waals surface area (Å²) in [6.45, 7) is 3.14. The van der Waals surface area contributed by atoms with Crippen molar-refractivity contribution >= 4 is 6.09 Å². The Morgan fingerprint density at radius 1 is 1.03 bits per heavy atom. The molecule has 172 valence electrons. The number of ether oxygens (including phenoxy) is 1. The van der Waals surface area contributed by atoms with Gasteiger partial charge in [0.05, 0.1) is 12.7 Å². The molecule has 1 heterocycles. The second kappa shape index (κ2) is 9.92. The Kier molecular flexibility index (Phi) is 7.01. The summed E-state index contributed by atoms with van der Waals surface area (Å²) in [7, 11) is 1.69. The topological polar surface area (TPSA) is 73.2 Å². The van der Waals surface area contributed by atoms with Gasteiger partial charge in [0.2, 0.25) is 0 Å². The number of amides is 1. The van der Waals surface area contributed by atoms with Gasteiger partial charge in [-0.2, -0.15) is 0 Å². The molecule has 1 saturated heterocycles. The lowest BCUT2D eigenvalue weighted by molar-refractivity contribution is -0.0338. The molecule has 0 aromatic heterocycles. The van der Waals surface area contributed by atoms with E-state index in [4.69, 9.17) is 4.74 Å². The van der Waals surface area contributed by atoms with Gasteiger partial charge in [0.1, 0.15) is 5.75 Å². The van der Waals surface area contributed by atoms with E-state index < -0.39 is 11.7 Å². The van der Waals surface area contributed by atoms with Crippen molar-refractivity contribution in [1.82, 2.24) is 9.80 Å². The standard InChI is InChI=1S/C26H34N2O4/c1-32-24-11-10-21(18-22(24)20-8-4-2-5-9-20)23(26(31)12-6-3-7-13-26)19-27-14-16-28(17-15-27)25(29)30/h2,4-5,8-11,18,23,31H,3,6-7,12-17,19H2,1H3,(H,29,30). The van der Waals surface area contributed by atoms with Gasteiger partial charge in [0, 0.05) is 44.2 Å². The summed E-state index contributed by atoms with van der Waals surface area (Å²) in [5.41, 5.74) is 2.50. The smallest absolute Gasteiger partial charge is 0.407 e. The number of hydrogen-bond acceptors (Lipinski definition) is 4. The average Bonchev–Trinajstić information content (AvgIpc) is 2.83. The summed E-state index contributed by atoms with van der Waals surface area (Å²) < 4.78 is 5.66. The van der Waals surface area contributed by atoms with Crippen LogP contribution in [0.2, 0.25) is 0 Å². The maximum atomic E-state index is 11.8. The molecule has 1 aliphatic carbocycles. The number of benzene rings is 2. The Morgan fingerprint density at radius 3 is 2.34 bits per heavy atom. The van der Waals surface area contributed by atoms with Crippen molar-refractivity contribution < 1.29 is 19.7 Å². The number of piperazine rings is 1. The van der Waals surface area contributed by atoms with Crippen LogP contribution in [-0.4, -0.2) is 71.5 Å². The number of nitrogens with zero attached hydrogens (tertiary/aromatic N) is 2. The van der Waals surface area contributed by atoms with E-state index in [1.165, 1.54) is 11.3 Å². The minimum absolute atomic E-state index is 0.0347. The maximum Gasteiger partial charge on any atom is 0.407 e. The van der Waals surface area contributed by atoms with E-state index in [1.807, 2.05) is 24.3 Å². The minimum atomic E-state index is -0.852. The van der Waals surface area contributed by atoms with Crippen molar-refractivity contribution in [3.8, 4) is 16.9 Å². The van der Waals surface area contributed by atoms with Crippen LogP contribution in [0, 0.1) is 0 Å². The molecule has 1 atom stereocenters. The Balaban J connectivity index is 1.65. The zero-order chi connectivity index (χ0) is 22.6. The van der Waals surface area contributed by atoms with Crippen molar-refractivity contribution in [2.75, 3.05) is 39.8 Å². The van der Waals surface area contributed by atoms with E-state index in [2.05, 4.69) is 29.2 Å². The molecule has 0 spiro atoms. The second-order valence-corrected chi connectivity index (χ2v) is 9.11. The van der Waals surface area contributed by atoms with Crippen molar-refractivity contribution in [3.63, 3.8) is 0 Å². The molecular formula is C26H34N2O4. The maximum absolute atomic E-state index is 11.8. The van der Waals surface area contributed by atoms with E-state index in [0.29, 0.717) is 26.2 Å². The van der Waals surface area contributed by atoms with Gasteiger partial charge in [-0.05, 0) is 36.1 Å². The summed E-state index contributed by atoms with van der Waals surface area (Å²) in [6, 6.07) is 16.5. The van der Waals surface area contributed by atoms with E-state index in [1.54, 1.807) is 7.11 Å². The molecule has 2 aliphatic rings. The zero-order valence-corrected chi connectivity index (χ0v) is 18.9. The van der Waals surface area contributed by atoms with Crippen LogP contribution in [0.5, 0.6) is 5.75 Å². The van der Waals surface area contributed by atoms with Crippen LogP contribution in [0.25, 0.3) is 11.1 Å². The average molecular weight is 439 g/mol. The summed E-state index contributed by atoms with van der Waals surface area (Å²) >= 11 is 0. The molecule has 1 unspecified atom stereocenters. The third-order valence-corrected chi connectivity index (χ3v) is 7.16. The van der Waals surface area contributed by atoms with Gasteiger partial charge in [-0.1, -0.05) is 55.7 Å². The largest absolute Gasteiger partial charge is 0.496 e. The molecular weight excluding hydrogens is 404 g/mol. The first-order chi connectivity index (χ1) is 15.5. The molecule has 0 radical (unpaired) electrons. The highest BCUT2D eigenvalue weighted by atomic mass is 16.5. The minimum Gasteiger partial charge on any atom is -0.496 e. The highest BCUT2D eigenvalue weighted by molar-refractivity contribution is 5.71. The number of rotatable bonds is 6. The van der Waals surface area contributed by atoms with Gasteiger partial charge in [-0.3, -0.25) is 4.90 Å². The second-order valence-electron chi connectivity index (χ2n) is 9.11. The van der Waals surface area contributed by atoms with Gasteiger partial charge >= 0.3 is 6.09 Å². The van der Waals surface area contributed by atoms with Crippen LogP contribution in [0.1, 0.15) is 43.6 Å². The highest BCUT2D eigenvalue weighted by Gasteiger charge is 2.40. The molecule has 1 aliphatic heterocycles. The van der Waals surface area contributed by atoms with Crippen LogP contribution < -0.4 is 4.74 Å². The predicted octanol–water partition coefficient (Wildman–Crippen LogP) is 4.44.